The van der Waals surface area contributed by atoms with E-state index in [0.717, 1.165) is 6.07 Å². The number of aliphatic hydroxyl groups excluding tert-OH is 1. The number of carboxylic acid groups (broad SMARTS) is 1. The number of hydrogen-bond donors (Lipinski definition) is 4. The lowest BCUT2D eigenvalue weighted by atomic mass is 10.2. The van der Waals surface area contributed by atoms with Crippen molar-refractivity contribution in [3.63, 3.8) is 0 Å². The van der Waals surface area contributed by atoms with Crippen LogP contribution in [0.1, 0.15) is 12.5 Å². The zero-order valence-electron chi connectivity index (χ0n) is 10.8. The first-order valence-corrected chi connectivity index (χ1v) is 6.45. The van der Waals surface area contributed by atoms with Crippen molar-refractivity contribution in [2.75, 3.05) is 5.32 Å². The molecular formula is C12H14BrFN2O4. The molecule has 20 heavy (non-hydrogen) atoms. The molecule has 0 bridgehead atoms. The second kappa shape index (κ2) is 6.67. The van der Waals surface area contributed by atoms with Crippen molar-refractivity contribution in [1.82, 2.24) is 5.32 Å². The first-order chi connectivity index (χ1) is 9.22. The Kier molecular flexibility index (Phi) is 5.46. The molecule has 1 aromatic carbocycles. The number of amides is 2. The Balaban J connectivity index is 2.81. The molecule has 110 valence electrons. The standard InChI is InChI=1S/C12H14BrFN2O4/c1-5-3-7(13)8(14)4-9(5)15-12(20)16-10(6(2)17)11(18)19/h3-4,6,10,17H,1-2H3,(H,18,19)(H2,15,16,20). The Bertz CT molecular complexity index is 536. The Morgan fingerprint density at radius 3 is 2.50 bits per heavy atom. The first kappa shape index (κ1) is 16.4. The molecule has 0 saturated carbocycles. The number of nitrogens with one attached hydrogen (secondary N) is 2. The van der Waals surface area contributed by atoms with Crippen LogP contribution in [0.25, 0.3) is 0 Å². The molecule has 1 aromatic rings. The van der Waals surface area contributed by atoms with Gasteiger partial charge in [-0.1, -0.05) is 0 Å². The summed E-state index contributed by atoms with van der Waals surface area (Å²) in [6.07, 6.45) is -1.26. The molecule has 0 radical (unpaired) electrons. The van der Waals surface area contributed by atoms with Gasteiger partial charge in [-0.3, -0.25) is 0 Å². The van der Waals surface area contributed by atoms with Crippen molar-refractivity contribution in [3.05, 3.63) is 28.0 Å². The van der Waals surface area contributed by atoms with Gasteiger partial charge in [0.15, 0.2) is 6.04 Å². The third kappa shape index (κ3) is 4.17. The van der Waals surface area contributed by atoms with Crippen molar-refractivity contribution in [2.45, 2.75) is 26.0 Å². The predicted molar refractivity (Wildman–Crippen MR) is 74.1 cm³/mol. The van der Waals surface area contributed by atoms with Gasteiger partial charge in [0.1, 0.15) is 5.82 Å². The number of aryl methyl sites for hydroxylation is 1. The number of urea groups is 1. The minimum atomic E-state index is -1.45. The van der Waals surface area contributed by atoms with E-state index < -0.39 is 30.0 Å². The van der Waals surface area contributed by atoms with E-state index in [0.29, 0.717) is 5.56 Å². The fourth-order valence-corrected chi connectivity index (χ4v) is 1.93. The van der Waals surface area contributed by atoms with Crippen molar-refractivity contribution in [1.29, 1.82) is 0 Å². The first-order valence-electron chi connectivity index (χ1n) is 5.66. The van der Waals surface area contributed by atoms with Crippen LogP contribution in [0.3, 0.4) is 0 Å². The largest absolute Gasteiger partial charge is 0.480 e. The van der Waals surface area contributed by atoms with E-state index in [1.54, 1.807) is 6.92 Å². The fourth-order valence-electron chi connectivity index (χ4n) is 1.47. The number of rotatable bonds is 4. The number of hydrogen-bond acceptors (Lipinski definition) is 3. The molecule has 0 aliphatic carbocycles. The summed E-state index contributed by atoms with van der Waals surface area (Å²) in [5.74, 6) is -1.93. The van der Waals surface area contributed by atoms with Crippen LogP contribution < -0.4 is 10.6 Å². The van der Waals surface area contributed by atoms with E-state index in [1.807, 2.05) is 0 Å². The molecule has 1 rings (SSSR count). The molecule has 0 spiro atoms. The average Bonchev–Trinajstić information content (AvgIpc) is 2.32. The summed E-state index contributed by atoms with van der Waals surface area (Å²) in [7, 11) is 0. The summed E-state index contributed by atoms with van der Waals surface area (Å²) in [6.45, 7) is 2.90. The van der Waals surface area contributed by atoms with Crippen LogP contribution in [0.4, 0.5) is 14.9 Å². The normalized spacial score (nSPS) is 13.4. The third-order valence-corrected chi connectivity index (χ3v) is 3.16. The highest BCUT2D eigenvalue weighted by Gasteiger charge is 2.25. The molecule has 0 heterocycles. The van der Waals surface area contributed by atoms with Crippen molar-refractivity contribution < 1.29 is 24.2 Å². The van der Waals surface area contributed by atoms with Gasteiger partial charge >= 0.3 is 12.0 Å². The molecule has 0 saturated heterocycles. The van der Waals surface area contributed by atoms with Crippen LogP contribution in [0.2, 0.25) is 0 Å². The number of carboxylic acids is 1. The maximum absolute atomic E-state index is 13.4. The summed E-state index contributed by atoms with van der Waals surface area (Å²) in [6, 6.07) is 0.296. The van der Waals surface area contributed by atoms with Crippen molar-refractivity contribution in [3.8, 4) is 0 Å². The van der Waals surface area contributed by atoms with E-state index in [-0.39, 0.29) is 10.2 Å². The molecule has 2 atom stereocenters. The quantitative estimate of drug-likeness (QED) is 0.667. The van der Waals surface area contributed by atoms with E-state index in [4.69, 9.17) is 5.11 Å². The second-order valence-electron chi connectivity index (χ2n) is 4.24. The highest BCUT2D eigenvalue weighted by atomic mass is 79.9. The van der Waals surface area contributed by atoms with Crippen LogP contribution >= 0.6 is 15.9 Å². The van der Waals surface area contributed by atoms with E-state index in [1.165, 1.54) is 13.0 Å². The maximum Gasteiger partial charge on any atom is 0.328 e. The Morgan fingerprint density at radius 1 is 1.40 bits per heavy atom. The van der Waals surface area contributed by atoms with Gasteiger partial charge in [-0.05, 0) is 47.5 Å². The number of halogens is 2. The molecule has 6 nitrogen and oxygen atoms in total. The van der Waals surface area contributed by atoms with Gasteiger partial charge in [-0.2, -0.15) is 0 Å². The van der Waals surface area contributed by atoms with Crippen molar-refractivity contribution >= 4 is 33.6 Å². The zero-order chi connectivity index (χ0) is 15.4. The van der Waals surface area contributed by atoms with Gasteiger partial charge in [-0.15, -0.1) is 0 Å². The molecule has 4 N–H and O–H groups in total. The van der Waals surface area contributed by atoms with Gasteiger partial charge in [0.05, 0.1) is 10.6 Å². The number of aliphatic carboxylic acids is 1. The molecule has 0 aromatic heterocycles. The summed E-state index contributed by atoms with van der Waals surface area (Å²) >= 11 is 3.01. The topological polar surface area (TPSA) is 98.7 Å². The lowest BCUT2D eigenvalue weighted by molar-refractivity contribution is -0.141. The Hall–Kier alpha value is -1.67. The molecule has 0 aliphatic rings. The van der Waals surface area contributed by atoms with E-state index in [9.17, 15) is 19.1 Å². The van der Waals surface area contributed by atoms with E-state index in [2.05, 4.69) is 26.6 Å². The summed E-state index contributed by atoms with van der Waals surface area (Å²) in [4.78, 5) is 22.5. The zero-order valence-corrected chi connectivity index (χ0v) is 12.4. The number of carbonyl (C=O) groups excluding carboxylic acids is 1. The smallest absolute Gasteiger partial charge is 0.328 e. The molecule has 0 aliphatic heterocycles. The number of carbonyl (C=O) groups is 2. The van der Waals surface area contributed by atoms with Gasteiger partial charge in [0.25, 0.3) is 0 Å². The van der Waals surface area contributed by atoms with Crippen LogP contribution in [-0.4, -0.2) is 34.4 Å². The van der Waals surface area contributed by atoms with Gasteiger partial charge in [0.2, 0.25) is 0 Å². The number of benzene rings is 1. The van der Waals surface area contributed by atoms with E-state index >= 15 is 0 Å². The molecule has 2 unspecified atom stereocenters. The van der Waals surface area contributed by atoms with Crippen LogP contribution in [0.5, 0.6) is 0 Å². The molecule has 2 amide bonds. The average molecular weight is 349 g/mol. The Labute approximate surface area is 123 Å². The summed E-state index contributed by atoms with van der Waals surface area (Å²) in [5, 5.41) is 22.5. The predicted octanol–water partition coefficient (Wildman–Crippen LogP) is 1.85. The SMILES string of the molecule is Cc1cc(Br)c(F)cc1NC(=O)NC(C(=O)O)C(C)O. The number of anilines is 1. The van der Waals surface area contributed by atoms with Crippen LogP contribution in [-0.2, 0) is 4.79 Å². The molecular weight excluding hydrogens is 335 g/mol. The van der Waals surface area contributed by atoms with Gasteiger partial charge < -0.3 is 20.8 Å². The second-order valence-corrected chi connectivity index (χ2v) is 5.09. The number of aliphatic hydroxyl groups is 1. The monoisotopic (exact) mass is 348 g/mol. The summed E-state index contributed by atoms with van der Waals surface area (Å²) < 4.78 is 13.6. The Morgan fingerprint density at radius 2 is 2.00 bits per heavy atom. The van der Waals surface area contributed by atoms with Gasteiger partial charge in [-0.25, -0.2) is 14.0 Å². The third-order valence-electron chi connectivity index (χ3n) is 2.55. The summed E-state index contributed by atoms with van der Waals surface area (Å²) in [5.41, 5.74) is 0.801. The molecule has 8 heteroatoms. The minimum Gasteiger partial charge on any atom is -0.480 e. The molecule has 0 fully saturated rings. The van der Waals surface area contributed by atoms with Crippen molar-refractivity contribution in [2.24, 2.45) is 0 Å². The highest BCUT2D eigenvalue weighted by molar-refractivity contribution is 9.10. The highest BCUT2D eigenvalue weighted by Crippen LogP contribution is 2.23. The fraction of sp³-hybridized carbons (Fsp3) is 0.333. The maximum atomic E-state index is 13.4. The van der Waals surface area contributed by atoms with Crippen LogP contribution in [0.15, 0.2) is 16.6 Å². The lowest BCUT2D eigenvalue weighted by Crippen LogP contribution is -2.49. The van der Waals surface area contributed by atoms with Crippen LogP contribution in [0, 0.1) is 12.7 Å². The minimum absolute atomic E-state index is 0.206. The lowest BCUT2D eigenvalue weighted by Gasteiger charge is -2.18. The van der Waals surface area contributed by atoms with Gasteiger partial charge in [0, 0.05) is 5.69 Å².